The number of hydrogen-bond acceptors (Lipinski definition) is 4. The Labute approximate surface area is 139 Å². The number of sulfone groups is 1. The maximum absolute atomic E-state index is 13.1. The molecule has 24 heavy (non-hydrogen) atoms. The molecule has 2 aromatic rings. The minimum absolute atomic E-state index is 0.0171. The molecule has 2 heterocycles. The third-order valence-corrected chi connectivity index (χ3v) is 6.78. The van der Waals surface area contributed by atoms with Crippen molar-refractivity contribution in [2.45, 2.75) is 30.6 Å². The van der Waals surface area contributed by atoms with E-state index in [9.17, 15) is 18.3 Å². The molecule has 1 aromatic carbocycles. The normalized spacial score (nSPS) is 19.7. The maximum Gasteiger partial charge on any atom is 0.335 e. The predicted molar refractivity (Wildman–Crippen MR) is 88.1 cm³/mol. The van der Waals surface area contributed by atoms with Crippen molar-refractivity contribution in [3.63, 3.8) is 0 Å². The fourth-order valence-electron chi connectivity index (χ4n) is 3.80. The lowest BCUT2D eigenvalue weighted by Gasteiger charge is -2.13. The zero-order valence-corrected chi connectivity index (χ0v) is 13.7. The molecule has 124 valence electrons. The van der Waals surface area contributed by atoms with E-state index in [-0.39, 0.29) is 21.3 Å². The van der Waals surface area contributed by atoms with E-state index in [2.05, 4.69) is 0 Å². The first-order chi connectivity index (χ1) is 11.5. The minimum atomic E-state index is -3.76. The van der Waals surface area contributed by atoms with Gasteiger partial charge in [0, 0.05) is 5.56 Å². The van der Waals surface area contributed by atoms with Crippen LogP contribution in [0.5, 0.6) is 0 Å². The summed E-state index contributed by atoms with van der Waals surface area (Å²) >= 11 is 0. The third kappa shape index (κ3) is 2.13. The van der Waals surface area contributed by atoms with Crippen LogP contribution in [-0.2, 0) is 9.84 Å². The van der Waals surface area contributed by atoms with Crippen LogP contribution in [0.2, 0.25) is 0 Å². The highest BCUT2D eigenvalue weighted by Gasteiger charge is 2.40. The molecule has 0 unspecified atom stereocenters. The van der Waals surface area contributed by atoms with E-state index >= 15 is 0 Å². The van der Waals surface area contributed by atoms with Crippen LogP contribution >= 0.6 is 0 Å². The van der Waals surface area contributed by atoms with E-state index < -0.39 is 15.8 Å². The molecule has 2 aliphatic rings. The molecule has 5 nitrogen and oxygen atoms in total. The van der Waals surface area contributed by atoms with Gasteiger partial charge in [-0.3, -0.25) is 0 Å². The molecule has 4 rings (SSSR count). The second-order valence-corrected chi connectivity index (χ2v) is 8.11. The molecule has 6 heteroatoms. The number of carbonyl (C=O) groups is 1. The predicted octanol–water partition coefficient (Wildman–Crippen LogP) is 3.82. The number of allylic oxidation sites excluding steroid dienone is 1. The molecule has 0 amide bonds. The van der Waals surface area contributed by atoms with Gasteiger partial charge in [0.15, 0.2) is 0 Å². The number of benzene rings is 1. The highest BCUT2D eigenvalue weighted by atomic mass is 32.2. The van der Waals surface area contributed by atoms with Crippen molar-refractivity contribution >= 4 is 26.3 Å². The van der Waals surface area contributed by atoms with Crippen LogP contribution in [-0.4, -0.2) is 19.5 Å². The van der Waals surface area contributed by atoms with Gasteiger partial charge >= 0.3 is 5.97 Å². The zero-order valence-electron chi connectivity index (χ0n) is 12.9. The van der Waals surface area contributed by atoms with Gasteiger partial charge in [0.25, 0.3) is 0 Å². The molecule has 1 aliphatic carbocycles. The Bertz CT molecular complexity index is 945. The van der Waals surface area contributed by atoms with Crippen molar-refractivity contribution in [3.05, 3.63) is 53.5 Å². The second kappa shape index (κ2) is 5.34. The summed E-state index contributed by atoms with van der Waals surface area (Å²) in [6, 6.07) is 6.03. The summed E-state index contributed by atoms with van der Waals surface area (Å²) in [5.41, 5.74) is 1.98. The summed E-state index contributed by atoms with van der Waals surface area (Å²) in [6.07, 6.45) is 6.95. The van der Waals surface area contributed by atoms with Gasteiger partial charge < -0.3 is 9.52 Å². The standard InChI is InChI=1S/C18H16O5S/c19-18(20)12-5-6-14-15(9-12)24(21,22)17(13-7-8-23-10-13)16(14)11-3-1-2-4-11/h5-11H,1-4H2,(H,19,20). The SMILES string of the molecule is O=C(O)c1ccc2c(c1)S(=O)(=O)C(c1ccoc1)=C2C1CCCC1. The molecule has 0 bridgehead atoms. The number of carboxylic acids is 1. The average molecular weight is 344 g/mol. The van der Waals surface area contributed by atoms with E-state index in [4.69, 9.17) is 4.42 Å². The number of hydrogen-bond donors (Lipinski definition) is 1. The summed E-state index contributed by atoms with van der Waals surface area (Å²) in [7, 11) is -3.76. The molecule has 1 aliphatic heterocycles. The molecule has 1 aromatic heterocycles. The van der Waals surface area contributed by atoms with Crippen LogP contribution < -0.4 is 0 Å². The third-order valence-electron chi connectivity index (χ3n) is 4.87. The van der Waals surface area contributed by atoms with Gasteiger partial charge in [-0.2, -0.15) is 0 Å². The van der Waals surface area contributed by atoms with Crippen LogP contribution in [0.4, 0.5) is 0 Å². The number of rotatable bonds is 3. The molecule has 0 spiro atoms. The minimum Gasteiger partial charge on any atom is -0.478 e. The number of carboxylic acid groups (broad SMARTS) is 1. The molecule has 1 N–H and O–H groups in total. The lowest BCUT2D eigenvalue weighted by atomic mass is 9.89. The van der Waals surface area contributed by atoms with Crippen LogP contribution in [0.1, 0.15) is 47.2 Å². The molecule has 1 saturated carbocycles. The highest BCUT2D eigenvalue weighted by molar-refractivity contribution is 8.01. The fraction of sp³-hybridized carbons (Fsp3) is 0.278. The Morgan fingerprint density at radius 1 is 1.17 bits per heavy atom. The van der Waals surface area contributed by atoms with Gasteiger partial charge in [-0.25, -0.2) is 13.2 Å². The molecule has 0 saturated heterocycles. The summed E-state index contributed by atoms with van der Waals surface area (Å²) in [4.78, 5) is 11.6. The van der Waals surface area contributed by atoms with E-state index in [1.807, 2.05) is 0 Å². The van der Waals surface area contributed by atoms with E-state index in [0.29, 0.717) is 11.1 Å². The van der Waals surface area contributed by atoms with Crippen molar-refractivity contribution in [1.82, 2.24) is 0 Å². The molecule has 0 atom stereocenters. The quantitative estimate of drug-likeness (QED) is 0.915. The molecule has 1 fully saturated rings. The van der Waals surface area contributed by atoms with Gasteiger partial charge in [-0.15, -0.1) is 0 Å². The Balaban J connectivity index is 2.00. The average Bonchev–Trinajstić information content (AvgIpc) is 3.27. The summed E-state index contributed by atoms with van der Waals surface area (Å²) in [5.74, 6) is -0.950. The Morgan fingerprint density at radius 3 is 2.54 bits per heavy atom. The Hall–Kier alpha value is -2.34. The van der Waals surface area contributed by atoms with Crippen LogP contribution in [0.3, 0.4) is 0 Å². The first-order valence-corrected chi connectivity index (χ1v) is 9.38. The molecule has 0 radical (unpaired) electrons. The summed E-state index contributed by atoms with van der Waals surface area (Å²) in [5, 5.41) is 9.19. The van der Waals surface area contributed by atoms with Crippen molar-refractivity contribution < 1.29 is 22.7 Å². The van der Waals surface area contributed by atoms with Gasteiger partial charge in [0.2, 0.25) is 9.84 Å². The van der Waals surface area contributed by atoms with Gasteiger partial charge in [-0.05, 0) is 48.1 Å². The van der Waals surface area contributed by atoms with Crippen molar-refractivity contribution in [1.29, 1.82) is 0 Å². The highest BCUT2D eigenvalue weighted by Crippen LogP contribution is 2.51. The number of fused-ring (bicyclic) bond motifs is 1. The van der Waals surface area contributed by atoms with E-state index in [1.165, 1.54) is 24.7 Å². The Morgan fingerprint density at radius 2 is 1.92 bits per heavy atom. The van der Waals surface area contributed by atoms with Crippen molar-refractivity contribution in [2.24, 2.45) is 5.92 Å². The number of aromatic carboxylic acids is 1. The smallest absolute Gasteiger partial charge is 0.335 e. The van der Waals surface area contributed by atoms with Gasteiger partial charge in [0.05, 0.1) is 27.9 Å². The van der Waals surface area contributed by atoms with Gasteiger partial charge in [0.1, 0.15) is 0 Å². The zero-order chi connectivity index (χ0) is 16.9. The maximum atomic E-state index is 13.1. The summed E-state index contributed by atoms with van der Waals surface area (Å²) in [6.45, 7) is 0. The molecular weight excluding hydrogens is 328 g/mol. The van der Waals surface area contributed by atoms with Crippen molar-refractivity contribution in [2.75, 3.05) is 0 Å². The van der Waals surface area contributed by atoms with E-state index in [0.717, 1.165) is 31.3 Å². The van der Waals surface area contributed by atoms with Crippen LogP contribution in [0.25, 0.3) is 10.5 Å². The largest absolute Gasteiger partial charge is 0.478 e. The van der Waals surface area contributed by atoms with Crippen LogP contribution in [0.15, 0.2) is 46.1 Å². The van der Waals surface area contributed by atoms with E-state index in [1.54, 1.807) is 12.1 Å². The summed E-state index contributed by atoms with van der Waals surface area (Å²) < 4.78 is 31.4. The topological polar surface area (TPSA) is 84.6 Å². The Kier molecular flexibility index (Phi) is 3.38. The van der Waals surface area contributed by atoms with Gasteiger partial charge in [-0.1, -0.05) is 18.9 Å². The first-order valence-electron chi connectivity index (χ1n) is 7.89. The fourth-order valence-corrected chi connectivity index (χ4v) is 5.76. The first kappa shape index (κ1) is 15.2. The molecular formula is C18H16O5S. The van der Waals surface area contributed by atoms with Crippen LogP contribution in [0, 0.1) is 5.92 Å². The van der Waals surface area contributed by atoms with Crippen molar-refractivity contribution in [3.8, 4) is 0 Å². The number of furan rings is 1. The lowest BCUT2D eigenvalue weighted by molar-refractivity contribution is 0.0696. The lowest BCUT2D eigenvalue weighted by Crippen LogP contribution is -2.03. The second-order valence-electron chi connectivity index (χ2n) is 6.26. The monoisotopic (exact) mass is 344 g/mol.